The van der Waals surface area contributed by atoms with Crippen molar-refractivity contribution in [3.63, 3.8) is 0 Å². The van der Waals surface area contributed by atoms with Crippen molar-refractivity contribution in [3.8, 4) is 0 Å². The number of guanidine groups is 1. The lowest BCUT2D eigenvalue weighted by Gasteiger charge is -2.18. The van der Waals surface area contributed by atoms with Crippen molar-refractivity contribution in [2.45, 2.75) is 39.5 Å². The molecule has 162 valence electrons. The quantitative estimate of drug-likeness (QED) is 0.477. The SMILES string of the molecule is CCc1nc(CCNC(=NC)NCC2CC(=O)N(CCc3ccccc3)C2)sc1C. The van der Waals surface area contributed by atoms with Gasteiger partial charge in [0.25, 0.3) is 0 Å². The van der Waals surface area contributed by atoms with Gasteiger partial charge in [-0.1, -0.05) is 37.3 Å². The highest BCUT2D eigenvalue weighted by Gasteiger charge is 2.29. The normalized spacial score (nSPS) is 16.9. The van der Waals surface area contributed by atoms with Gasteiger partial charge in [0.15, 0.2) is 5.96 Å². The number of amides is 1. The third-order valence-corrected chi connectivity index (χ3v) is 6.57. The molecule has 2 aromatic rings. The van der Waals surface area contributed by atoms with E-state index in [0.717, 1.165) is 51.4 Å². The number of likely N-dealkylation sites (tertiary alicyclic amines) is 1. The summed E-state index contributed by atoms with van der Waals surface area (Å²) in [7, 11) is 1.78. The lowest BCUT2D eigenvalue weighted by atomic mass is 10.1. The molecular weight excluding hydrogens is 394 g/mol. The first-order valence-electron chi connectivity index (χ1n) is 10.8. The van der Waals surface area contributed by atoms with Gasteiger partial charge in [-0.3, -0.25) is 9.79 Å². The van der Waals surface area contributed by atoms with E-state index in [0.29, 0.717) is 12.3 Å². The van der Waals surface area contributed by atoms with Crippen molar-refractivity contribution in [2.24, 2.45) is 10.9 Å². The maximum atomic E-state index is 12.3. The van der Waals surface area contributed by atoms with E-state index >= 15 is 0 Å². The molecule has 1 unspecified atom stereocenters. The van der Waals surface area contributed by atoms with Crippen LogP contribution in [0.3, 0.4) is 0 Å². The van der Waals surface area contributed by atoms with E-state index in [1.54, 1.807) is 18.4 Å². The molecule has 0 spiro atoms. The number of thiazole rings is 1. The Bertz CT molecular complexity index is 849. The van der Waals surface area contributed by atoms with Crippen molar-refractivity contribution in [2.75, 3.05) is 33.2 Å². The van der Waals surface area contributed by atoms with Gasteiger partial charge in [0.2, 0.25) is 5.91 Å². The molecule has 1 aromatic heterocycles. The summed E-state index contributed by atoms with van der Waals surface area (Å²) in [5.41, 5.74) is 2.48. The molecule has 1 saturated heterocycles. The number of rotatable bonds is 9. The Kier molecular flexibility index (Phi) is 8.25. The average molecular weight is 428 g/mol. The number of hydrogen-bond donors (Lipinski definition) is 2. The van der Waals surface area contributed by atoms with Crippen molar-refractivity contribution >= 4 is 23.2 Å². The summed E-state index contributed by atoms with van der Waals surface area (Å²) in [6, 6.07) is 10.3. The topological polar surface area (TPSA) is 69.6 Å². The third kappa shape index (κ3) is 6.29. The zero-order valence-electron chi connectivity index (χ0n) is 18.3. The maximum Gasteiger partial charge on any atom is 0.223 e. The molecule has 1 aliphatic rings. The van der Waals surface area contributed by atoms with Crippen molar-refractivity contribution < 1.29 is 4.79 Å². The fourth-order valence-electron chi connectivity index (χ4n) is 3.79. The number of aryl methyl sites for hydroxylation is 2. The molecule has 6 nitrogen and oxygen atoms in total. The molecule has 2 heterocycles. The van der Waals surface area contributed by atoms with Crippen LogP contribution in [-0.4, -0.2) is 55.0 Å². The van der Waals surface area contributed by atoms with E-state index in [1.807, 2.05) is 23.1 Å². The molecule has 1 aliphatic heterocycles. The predicted molar refractivity (Wildman–Crippen MR) is 124 cm³/mol. The maximum absolute atomic E-state index is 12.3. The van der Waals surface area contributed by atoms with E-state index in [9.17, 15) is 4.79 Å². The molecular formula is C23H33N5OS. The van der Waals surface area contributed by atoms with Crippen LogP contribution in [0, 0.1) is 12.8 Å². The molecule has 1 aromatic carbocycles. The van der Waals surface area contributed by atoms with E-state index in [-0.39, 0.29) is 5.91 Å². The van der Waals surface area contributed by atoms with Gasteiger partial charge in [-0.2, -0.15) is 0 Å². The third-order valence-electron chi connectivity index (χ3n) is 5.49. The van der Waals surface area contributed by atoms with E-state index < -0.39 is 0 Å². The molecule has 0 radical (unpaired) electrons. The first-order chi connectivity index (χ1) is 14.6. The Hall–Kier alpha value is -2.41. The summed E-state index contributed by atoms with van der Waals surface area (Å²) >= 11 is 1.78. The number of hydrogen-bond acceptors (Lipinski definition) is 4. The van der Waals surface area contributed by atoms with Gasteiger partial charge in [-0.15, -0.1) is 11.3 Å². The number of aliphatic imine (C=N–C) groups is 1. The van der Waals surface area contributed by atoms with Crippen LogP contribution in [0.2, 0.25) is 0 Å². The van der Waals surface area contributed by atoms with Crippen LogP contribution in [0.1, 0.15) is 34.5 Å². The molecule has 0 aliphatic carbocycles. The number of carbonyl (C=O) groups is 1. The lowest BCUT2D eigenvalue weighted by molar-refractivity contribution is -0.127. The van der Waals surface area contributed by atoms with Crippen LogP contribution in [-0.2, 0) is 24.1 Å². The van der Waals surface area contributed by atoms with Gasteiger partial charge in [0.1, 0.15) is 0 Å². The highest BCUT2D eigenvalue weighted by atomic mass is 32.1. The molecule has 1 fully saturated rings. The van der Waals surface area contributed by atoms with Crippen LogP contribution in [0.15, 0.2) is 35.3 Å². The first kappa shape index (κ1) is 22.3. The van der Waals surface area contributed by atoms with Crippen LogP contribution < -0.4 is 10.6 Å². The summed E-state index contributed by atoms with van der Waals surface area (Å²) in [5.74, 6) is 1.36. The number of aromatic nitrogens is 1. The summed E-state index contributed by atoms with van der Waals surface area (Å²) in [5, 5.41) is 7.92. The van der Waals surface area contributed by atoms with Gasteiger partial charge >= 0.3 is 0 Å². The van der Waals surface area contributed by atoms with E-state index in [2.05, 4.69) is 41.6 Å². The number of nitrogens with one attached hydrogen (secondary N) is 2. The minimum atomic E-state index is 0.256. The van der Waals surface area contributed by atoms with Gasteiger partial charge in [0, 0.05) is 56.9 Å². The fraction of sp³-hybridized carbons (Fsp3) is 0.522. The second kappa shape index (κ2) is 11.1. The van der Waals surface area contributed by atoms with Crippen LogP contribution in [0.5, 0.6) is 0 Å². The molecule has 2 N–H and O–H groups in total. The minimum absolute atomic E-state index is 0.256. The molecule has 1 atom stereocenters. The summed E-state index contributed by atoms with van der Waals surface area (Å²) < 4.78 is 0. The summed E-state index contributed by atoms with van der Waals surface area (Å²) in [4.78, 5) is 24.7. The second-order valence-corrected chi connectivity index (χ2v) is 9.03. The zero-order chi connectivity index (χ0) is 21.3. The number of benzene rings is 1. The molecule has 30 heavy (non-hydrogen) atoms. The molecule has 0 bridgehead atoms. The minimum Gasteiger partial charge on any atom is -0.356 e. The highest BCUT2D eigenvalue weighted by molar-refractivity contribution is 7.11. The van der Waals surface area contributed by atoms with Gasteiger partial charge < -0.3 is 15.5 Å². The average Bonchev–Trinajstić information content (AvgIpc) is 3.30. The Morgan fingerprint density at radius 3 is 2.77 bits per heavy atom. The molecule has 3 rings (SSSR count). The summed E-state index contributed by atoms with van der Waals surface area (Å²) in [6.07, 6.45) is 3.39. The van der Waals surface area contributed by atoms with Gasteiger partial charge in [-0.25, -0.2) is 4.98 Å². The van der Waals surface area contributed by atoms with Crippen molar-refractivity contribution in [1.29, 1.82) is 0 Å². The summed E-state index contributed by atoms with van der Waals surface area (Å²) in [6.45, 7) is 7.44. The van der Waals surface area contributed by atoms with Gasteiger partial charge in [0.05, 0.1) is 10.7 Å². The Morgan fingerprint density at radius 2 is 2.07 bits per heavy atom. The Balaban J connectivity index is 1.37. The Morgan fingerprint density at radius 1 is 1.27 bits per heavy atom. The standard InChI is InChI=1S/C23H33N5OS/c1-4-20-17(2)30-21(27-20)10-12-25-23(24-3)26-15-19-14-22(29)28(16-19)13-11-18-8-6-5-7-9-18/h5-9,19H,4,10-16H2,1-3H3,(H2,24,25,26). The molecule has 0 saturated carbocycles. The van der Waals surface area contributed by atoms with Crippen LogP contribution in [0.25, 0.3) is 0 Å². The van der Waals surface area contributed by atoms with Crippen molar-refractivity contribution in [1.82, 2.24) is 20.5 Å². The lowest BCUT2D eigenvalue weighted by Crippen LogP contribution is -2.41. The monoisotopic (exact) mass is 427 g/mol. The van der Waals surface area contributed by atoms with Crippen LogP contribution in [0.4, 0.5) is 0 Å². The van der Waals surface area contributed by atoms with E-state index in [4.69, 9.17) is 4.98 Å². The second-order valence-electron chi connectivity index (χ2n) is 7.74. The molecule has 7 heteroatoms. The number of carbonyl (C=O) groups excluding carboxylic acids is 1. The number of nitrogens with zero attached hydrogens (tertiary/aromatic N) is 3. The smallest absolute Gasteiger partial charge is 0.223 e. The van der Waals surface area contributed by atoms with Crippen molar-refractivity contribution in [3.05, 3.63) is 51.5 Å². The first-order valence-corrected chi connectivity index (χ1v) is 11.6. The van der Waals surface area contributed by atoms with E-state index in [1.165, 1.54) is 21.1 Å². The molecule has 1 amide bonds. The fourth-order valence-corrected chi connectivity index (χ4v) is 4.81. The predicted octanol–water partition coefficient (Wildman–Crippen LogP) is 2.81. The highest BCUT2D eigenvalue weighted by Crippen LogP contribution is 2.19. The largest absolute Gasteiger partial charge is 0.356 e. The van der Waals surface area contributed by atoms with Crippen LogP contribution >= 0.6 is 11.3 Å². The zero-order valence-corrected chi connectivity index (χ0v) is 19.1. The Labute approximate surface area is 183 Å². The van der Waals surface area contributed by atoms with Gasteiger partial charge in [-0.05, 0) is 25.3 Å².